The molecule has 0 heterocycles. The maximum Gasteiger partial charge on any atom is 0.347 e. The predicted octanol–water partition coefficient (Wildman–Crippen LogP) is 6.06. The molecule has 0 radical (unpaired) electrons. The highest BCUT2D eigenvalue weighted by molar-refractivity contribution is 6.42. The van der Waals surface area contributed by atoms with Crippen LogP contribution in [-0.2, 0) is 19.9 Å². The number of rotatable bonds is 7. The molecular weight excluding hydrogens is 482 g/mol. The van der Waals surface area contributed by atoms with Gasteiger partial charge in [-0.25, -0.2) is 4.79 Å². The minimum atomic E-state index is -2.27. The van der Waals surface area contributed by atoms with Crippen molar-refractivity contribution in [3.05, 3.63) is 104 Å². The van der Waals surface area contributed by atoms with Crippen LogP contribution in [0.3, 0.4) is 0 Å². The molecule has 31 heavy (non-hydrogen) atoms. The Hall–Kier alpha value is -2.08. The van der Waals surface area contributed by atoms with E-state index in [1.807, 2.05) is 6.07 Å². The zero-order chi connectivity index (χ0) is 22.6. The van der Waals surface area contributed by atoms with Gasteiger partial charge in [0.2, 0.25) is 5.60 Å². The van der Waals surface area contributed by atoms with Crippen LogP contribution in [0.2, 0.25) is 20.1 Å². The fraction of sp³-hybridized carbons (Fsp3) is 0.130. The van der Waals surface area contributed by atoms with Crippen LogP contribution in [0.4, 0.5) is 0 Å². The van der Waals surface area contributed by atoms with E-state index in [0.29, 0.717) is 11.8 Å². The molecule has 0 amide bonds. The van der Waals surface area contributed by atoms with E-state index >= 15 is 0 Å². The maximum absolute atomic E-state index is 13.2. The molecule has 1 atom stereocenters. The molecule has 4 nitrogen and oxygen atoms in total. The molecule has 0 saturated heterocycles. The number of ether oxygens (including phenoxy) is 1. The predicted molar refractivity (Wildman–Crippen MR) is 122 cm³/mol. The van der Waals surface area contributed by atoms with Crippen LogP contribution in [0.1, 0.15) is 22.6 Å². The van der Waals surface area contributed by atoms with Crippen molar-refractivity contribution in [2.24, 2.45) is 0 Å². The first-order chi connectivity index (χ1) is 14.8. The average Bonchev–Trinajstić information content (AvgIpc) is 2.78. The van der Waals surface area contributed by atoms with Gasteiger partial charge >= 0.3 is 5.97 Å². The highest BCUT2D eigenvalue weighted by Crippen LogP contribution is 2.37. The van der Waals surface area contributed by atoms with Gasteiger partial charge in [-0.1, -0.05) is 88.9 Å². The molecule has 3 aromatic rings. The van der Waals surface area contributed by atoms with Gasteiger partial charge in [-0.3, -0.25) is 0 Å². The Labute approximate surface area is 199 Å². The molecule has 0 fully saturated rings. The Morgan fingerprint density at radius 2 is 1.39 bits per heavy atom. The van der Waals surface area contributed by atoms with Crippen molar-refractivity contribution in [1.82, 2.24) is 0 Å². The number of aldehydes is 1. The molecule has 160 valence electrons. The van der Waals surface area contributed by atoms with Crippen LogP contribution >= 0.6 is 46.4 Å². The van der Waals surface area contributed by atoms with Gasteiger partial charge in [0.05, 0.1) is 26.0 Å². The van der Waals surface area contributed by atoms with Gasteiger partial charge in [0.15, 0.2) is 0 Å². The van der Waals surface area contributed by atoms with Gasteiger partial charge in [-0.2, -0.15) is 0 Å². The first kappa shape index (κ1) is 23.6. The zero-order valence-corrected chi connectivity index (χ0v) is 18.9. The van der Waals surface area contributed by atoms with Crippen molar-refractivity contribution in [3.63, 3.8) is 0 Å². The third kappa shape index (κ3) is 5.05. The molecule has 0 bridgehead atoms. The number of aliphatic hydroxyl groups is 1. The van der Waals surface area contributed by atoms with Crippen LogP contribution in [0, 0.1) is 0 Å². The molecule has 1 N–H and O–H groups in total. The van der Waals surface area contributed by atoms with Gasteiger partial charge in [-0.15, -0.1) is 0 Å². The topological polar surface area (TPSA) is 63.6 Å². The molecule has 0 spiro atoms. The van der Waals surface area contributed by atoms with Gasteiger partial charge in [-0.05, 0) is 29.8 Å². The number of carbonyl (C=O) groups is 2. The monoisotopic (exact) mass is 496 g/mol. The van der Waals surface area contributed by atoms with Crippen molar-refractivity contribution in [3.8, 4) is 0 Å². The van der Waals surface area contributed by atoms with Gasteiger partial charge < -0.3 is 14.6 Å². The number of halogens is 4. The lowest BCUT2D eigenvalue weighted by Crippen LogP contribution is -2.39. The standard InChI is InChI=1S/C23H16Cl4O4/c24-18-8-6-16(10-20(18)26)23(30,17-7-9-19(25)21(27)11-17)22(29)31-13-15(12-28)14-4-2-1-3-5-14/h1-12,15,30H,13H2. The zero-order valence-electron chi connectivity index (χ0n) is 15.9. The maximum atomic E-state index is 13.2. The molecule has 3 rings (SSSR count). The minimum absolute atomic E-state index is 0.118. The van der Waals surface area contributed by atoms with E-state index in [-0.39, 0.29) is 37.8 Å². The summed E-state index contributed by atoms with van der Waals surface area (Å²) in [5, 5.41) is 12.3. The van der Waals surface area contributed by atoms with Crippen LogP contribution in [-0.4, -0.2) is 24.0 Å². The lowest BCUT2D eigenvalue weighted by molar-refractivity contribution is -0.162. The third-order valence-corrected chi connectivity index (χ3v) is 6.23. The van der Waals surface area contributed by atoms with E-state index in [0.717, 1.165) is 0 Å². The Morgan fingerprint density at radius 3 is 1.84 bits per heavy atom. The Morgan fingerprint density at radius 1 is 0.871 bits per heavy atom. The Balaban J connectivity index is 1.99. The smallest absolute Gasteiger partial charge is 0.347 e. The van der Waals surface area contributed by atoms with E-state index in [1.54, 1.807) is 24.3 Å². The highest BCUT2D eigenvalue weighted by Gasteiger charge is 2.42. The summed E-state index contributed by atoms with van der Waals surface area (Å²) in [7, 11) is 0. The quantitative estimate of drug-likeness (QED) is 0.318. The molecule has 3 aromatic carbocycles. The van der Waals surface area contributed by atoms with Gasteiger partial charge in [0.1, 0.15) is 12.9 Å². The summed E-state index contributed by atoms with van der Waals surface area (Å²) in [5.41, 5.74) is -1.36. The van der Waals surface area contributed by atoms with E-state index < -0.39 is 17.5 Å². The molecule has 0 aromatic heterocycles. The summed E-state index contributed by atoms with van der Waals surface area (Å²) in [4.78, 5) is 24.7. The van der Waals surface area contributed by atoms with E-state index in [1.165, 1.54) is 36.4 Å². The summed E-state index contributed by atoms with van der Waals surface area (Å²) < 4.78 is 5.39. The van der Waals surface area contributed by atoms with Crippen molar-refractivity contribution < 1.29 is 19.4 Å². The highest BCUT2D eigenvalue weighted by atomic mass is 35.5. The van der Waals surface area contributed by atoms with Crippen molar-refractivity contribution >= 4 is 58.7 Å². The summed E-state index contributed by atoms with van der Waals surface area (Å²) in [6.45, 7) is -0.267. The second kappa shape index (κ2) is 10.0. The number of carbonyl (C=O) groups excluding carboxylic acids is 2. The largest absolute Gasteiger partial charge is 0.462 e. The summed E-state index contributed by atoms with van der Waals surface area (Å²) >= 11 is 24.2. The molecule has 0 saturated carbocycles. The summed E-state index contributed by atoms with van der Waals surface area (Å²) in [5.74, 6) is -1.70. The van der Waals surface area contributed by atoms with E-state index in [4.69, 9.17) is 51.1 Å². The molecule has 0 aliphatic carbocycles. The van der Waals surface area contributed by atoms with Crippen LogP contribution in [0.25, 0.3) is 0 Å². The van der Waals surface area contributed by atoms with E-state index in [2.05, 4.69) is 0 Å². The Bertz CT molecular complexity index is 1050. The number of hydrogen-bond acceptors (Lipinski definition) is 4. The average molecular weight is 498 g/mol. The molecule has 0 aliphatic heterocycles. The first-order valence-electron chi connectivity index (χ1n) is 9.08. The number of hydrogen-bond donors (Lipinski definition) is 1. The summed E-state index contributed by atoms with van der Waals surface area (Å²) in [6, 6.07) is 17.4. The van der Waals surface area contributed by atoms with Crippen molar-refractivity contribution in [2.45, 2.75) is 11.5 Å². The van der Waals surface area contributed by atoms with Crippen LogP contribution in [0.15, 0.2) is 66.7 Å². The second-order valence-corrected chi connectivity index (χ2v) is 8.35. The van der Waals surface area contributed by atoms with Crippen LogP contribution in [0.5, 0.6) is 0 Å². The van der Waals surface area contributed by atoms with E-state index in [9.17, 15) is 14.7 Å². The normalized spacial score (nSPS) is 12.3. The second-order valence-electron chi connectivity index (χ2n) is 6.72. The van der Waals surface area contributed by atoms with Gasteiger partial charge in [0.25, 0.3) is 0 Å². The SMILES string of the molecule is O=CC(COC(=O)C(O)(c1ccc(Cl)c(Cl)c1)c1ccc(Cl)c(Cl)c1)c1ccccc1. The Kier molecular flexibility index (Phi) is 7.63. The van der Waals surface area contributed by atoms with Crippen molar-refractivity contribution in [1.29, 1.82) is 0 Å². The minimum Gasteiger partial charge on any atom is -0.462 e. The summed E-state index contributed by atoms with van der Waals surface area (Å²) in [6.07, 6.45) is 0.681. The van der Waals surface area contributed by atoms with Gasteiger partial charge in [0, 0.05) is 11.1 Å². The molecule has 8 heteroatoms. The fourth-order valence-corrected chi connectivity index (χ4v) is 3.63. The number of esters is 1. The first-order valence-corrected chi connectivity index (χ1v) is 10.6. The lowest BCUT2D eigenvalue weighted by atomic mass is 9.86. The lowest BCUT2D eigenvalue weighted by Gasteiger charge is -2.28. The third-order valence-electron chi connectivity index (χ3n) is 4.76. The van der Waals surface area contributed by atoms with Crippen LogP contribution < -0.4 is 0 Å². The van der Waals surface area contributed by atoms with Crippen molar-refractivity contribution in [2.75, 3.05) is 6.61 Å². The number of benzene rings is 3. The molecule has 0 aliphatic rings. The fourth-order valence-electron chi connectivity index (χ4n) is 3.03. The molecule has 1 unspecified atom stereocenters. The molecular formula is C23H16Cl4O4.